The van der Waals surface area contributed by atoms with Crippen LogP contribution in [-0.4, -0.2) is 25.5 Å². The van der Waals surface area contributed by atoms with E-state index < -0.39 is 0 Å². The van der Waals surface area contributed by atoms with Crippen molar-refractivity contribution in [2.45, 2.75) is 26.7 Å². The standard InChI is InChI=1S/C13H20N2OS/c1-10-4-5-11(17-10)12(16)15-9-13(2)6-3-7-14-8-13/h4-5,14H,3,6-9H2,1-2H3,(H,15,16). The highest BCUT2D eigenvalue weighted by molar-refractivity contribution is 7.13. The Hall–Kier alpha value is -0.870. The molecular formula is C13H20N2OS. The van der Waals surface area contributed by atoms with E-state index in [1.54, 1.807) is 11.3 Å². The lowest BCUT2D eigenvalue weighted by molar-refractivity contribution is 0.0929. The van der Waals surface area contributed by atoms with E-state index in [1.807, 2.05) is 19.1 Å². The molecule has 1 aliphatic rings. The number of carbonyl (C=O) groups excluding carboxylic acids is 1. The van der Waals surface area contributed by atoms with Crippen molar-refractivity contribution in [2.24, 2.45) is 5.41 Å². The molecule has 94 valence electrons. The third kappa shape index (κ3) is 3.30. The quantitative estimate of drug-likeness (QED) is 0.865. The Morgan fingerprint density at radius 2 is 2.41 bits per heavy atom. The summed E-state index contributed by atoms with van der Waals surface area (Å²) in [6.45, 7) is 7.12. The van der Waals surface area contributed by atoms with Crippen LogP contribution in [0.15, 0.2) is 12.1 Å². The fourth-order valence-corrected chi connectivity index (χ4v) is 2.99. The molecule has 3 nitrogen and oxygen atoms in total. The molecule has 1 saturated heterocycles. The average molecular weight is 252 g/mol. The van der Waals surface area contributed by atoms with Gasteiger partial charge in [0.1, 0.15) is 0 Å². The summed E-state index contributed by atoms with van der Waals surface area (Å²) in [6.07, 6.45) is 2.38. The molecule has 1 aromatic rings. The van der Waals surface area contributed by atoms with Gasteiger partial charge in [-0.25, -0.2) is 0 Å². The van der Waals surface area contributed by atoms with E-state index in [-0.39, 0.29) is 11.3 Å². The van der Waals surface area contributed by atoms with Crippen LogP contribution in [0.25, 0.3) is 0 Å². The number of nitrogens with one attached hydrogen (secondary N) is 2. The topological polar surface area (TPSA) is 41.1 Å². The number of rotatable bonds is 3. The highest BCUT2D eigenvalue weighted by Crippen LogP contribution is 2.24. The van der Waals surface area contributed by atoms with E-state index >= 15 is 0 Å². The Bertz CT molecular complexity index is 394. The molecule has 17 heavy (non-hydrogen) atoms. The number of hydrogen-bond donors (Lipinski definition) is 2. The van der Waals surface area contributed by atoms with Crippen molar-refractivity contribution in [3.63, 3.8) is 0 Å². The largest absolute Gasteiger partial charge is 0.351 e. The summed E-state index contributed by atoms with van der Waals surface area (Å²) in [7, 11) is 0. The number of aryl methyl sites for hydroxylation is 1. The van der Waals surface area contributed by atoms with Crippen molar-refractivity contribution in [2.75, 3.05) is 19.6 Å². The normalized spacial score (nSPS) is 24.6. The van der Waals surface area contributed by atoms with Gasteiger partial charge in [0, 0.05) is 18.0 Å². The van der Waals surface area contributed by atoms with Crippen LogP contribution in [-0.2, 0) is 0 Å². The van der Waals surface area contributed by atoms with Crippen LogP contribution in [0.2, 0.25) is 0 Å². The molecule has 2 heterocycles. The molecule has 1 amide bonds. The molecule has 2 rings (SSSR count). The van der Waals surface area contributed by atoms with Crippen molar-refractivity contribution in [3.8, 4) is 0 Å². The first kappa shape index (κ1) is 12.6. The maximum atomic E-state index is 11.9. The third-order valence-electron chi connectivity index (χ3n) is 3.33. The predicted octanol–water partition coefficient (Wildman–Crippen LogP) is 2.18. The Morgan fingerprint density at radius 1 is 1.59 bits per heavy atom. The second-order valence-corrected chi connectivity index (χ2v) is 6.47. The summed E-state index contributed by atoms with van der Waals surface area (Å²) < 4.78 is 0. The van der Waals surface area contributed by atoms with Crippen LogP contribution in [0, 0.1) is 12.3 Å². The number of amides is 1. The van der Waals surface area contributed by atoms with E-state index in [1.165, 1.54) is 17.7 Å². The first-order valence-electron chi connectivity index (χ1n) is 6.14. The second kappa shape index (κ2) is 5.19. The Morgan fingerprint density at radius 3 is 3.00 bits per heavy atom. The second-order valence-electron chi connectivity index (χ2n) is 5.18. The highest BCUT2D eigenvalue weighted by atomic mass is 32.1. The maximum absolute atomic E-state index is 11.9. The van der Waals surface area contributed by atoms with Gasteiger partial charge in [-0.05, 0) is 43.9 Å². The van der Waals surface area contributed by atoms with Gasteiger partial charge in [0.05, 0.1) is 4.88 Å². The molecule has 2 N–H and O–H groups in total. The molecule has 0 spiro atoms. The molecule has 4 heteroatoms. The summed E-state index contributed by atoms with van der Waals surface area (Å²) in [6, 6.07) is 3.89. The molecule has 0 aromatic carbocycles. The fourth-order valence-electron chi connectivity index (χ4n) is 2.21. The molecule has 0 aliphatic carbocycles. The summed E-state index contributed by atoms with van der Waals surface area (Å²) in [5.74, 6) is 0.0647. The van der Waals surface area contributed by atoms with E-state index in [9.17, 15) is 4.79 Å². The van der Waals surface area contributed by atoms with Crippen molar-refractivity contribution < 1.29 is 4.79 Å². The SMILES string of the molecule is Cc1ccc(C(=O)NCC2(C)CCCNC2)s1. The molecular weight excluding hydrogens is 232 g/mol. The highest BCUT2D eigenvalue weighted by Gasteiger charge is 2.27. The summed E-state index contributed by atoms with van der Waals surface area (Å²) >= 11 is 1.55. The predicted molar refractivity (Wildman–Crippen MR) is 71.6 cm³/mol. The van der Waals surface area contributed by atoms with Gasteiger partial charge >= 0.3 is 0 Å². The summed E-state index contributed by atoms with van der Waals surface area (Å²) in [4.78, 5) is 13.9. The smallest absolute Gasteiger partial charge is 0.261 e. The lowest BCUT2D eigenvalue weighted by atomic mass is 9.83. The van der Waals surface area contributed by atoms with E-state index in [0.717, 1.165) is 24.5 Å². The van der Waals surface area contributed by atoms with Crippen LogP contribution in [0.1, 0.15) is 34.3 Å². The van der Waals surface area contributed by atoms with Crippen molar-refractivity contribution in [3.05, 3.63) is 21.9 Å². The summed E-state index contributed by atoms with van der Waals surface area (Å²) in [5, 5.41) is 6.45. The van der Waals surface area contributed by atoms with Crippen LogP contribution >= 0.6 is 11.3 Å². The van der Waals surface area contributed by atoms with Crippen LogP contribution in [0.3, 0.4) is 0 Å². The summed E-state index contributed by atoms with van der Waals surface area (Å²) in [5.41, 5.74) is 0.209. The number of carbonyl (C=O) groups is 1. The van der Waals surface area contributed by atoms with E-state index in [2.05, 4.69) is 17.6 Å². The monoisotopic (exact) mass is 252 g/mol. The van der Waals surface area contributed by atoms with Crippen LogP contribution in [0.4, 0.5) is 0 Å². The lowest BCUT2D eigenvalue weighted by Crippen LogP contribution is -2.45. The molecule has 0 saturated carbocycles. The number of hydrogen-bond acceptors (Lipinski definition) is 3. The van der Waals surface area contributed by atoms with Gasteiger partial charge in [-0.1, -0.05) is 6.92 Å². The van der Waals surface area contributed by atoms with Gasteiger partial charge in [-0.3, -0.25) is 4.79 Å². The first-order valence-corrected chi connectivity index (χ1v) is 6.96. The Kier molecular flexibility index (Phi) is 3.84. The van der Waals surface area contributed by atoms with Gasteiger partial charge in [0.15, 0.2) is 0 Å². The minimum atomic E-state index is 0.0647. The fraction of sp³-hybridized carbons (Fsp3) is 0.615. The molecule has 1 atom stereocenters. The first-order chi connectivity index (χ1) is 8.09. The van der Waals surface area contributed by atoms with Gasteiger partial charge in [0.25, 0.3) is 5.91 Å². The average Bonchev–Trinajstić information content (AvgIpc) is 2.74. The van der Waals surface area contributed by atoms with Gasteiger partial charge in [-0.2, -0.15) is 0 Å². The molecule has 0 bridgehead atoms. The molecule has 1 fully saturated rings. The van der Waals surface area contributed by atoms with Crippen LogP contribution in [0.5, 0.6) is 0 Å². The van der Waals surface area contributed by atoms with Crippen molar-refractivity contribution in [1.29, 1.82) is 0 Å². The minimum absolute atomic E-state index is 0.0647. The number of thiophene rings is 1. The van der Waals surface area contributed by atoms with E-state index in [0.29, 0.717) is 0 Å². The molecule has 1 unspecified atom stereocenters. The maximum Gasteiger partial charge on any atom is 0.261 e. The van der Waals surface area contributed by atoms with E-state index in [4.69, 9.17) is 0 Å². The molecule has 1 aliphatic heterocycles. The lowest BCUT2D eigenvalue weighted by Gasteiger charge is -2.34. The van der Waals surface area contributed by atoms with Crippen molar-refractivity contribution in [1.82, 2.24) is 10.6 Å². The zero-order valence-corrected chi connectivity index (χ0v) is 11.3. The van der Waals surface area contributed by atoms with Crippen molar-refractivity contribution >= 4 is 17.2 Å². The van der Waals surface area contributed by atoms with Gasteiger partial charge in [0.2, 0.25) is 0 Å². The minimum Gasteiger partial charge on any atom is -0.351 e. The number of piperidine rings is 1. The molecule has 1 aromatic heterocycles. The van der Waals surface area contributed by atoms with Gasteiger partial charge in [-0.15, -0.1) is 11.3 Å². The zero-order chi connectivity index (χ0) is 12.3. The Labute approximate surface area is 107 Å². The molecule has 0 radical (unpaired) electrons. The van der Waals surface area contributed by atoms with Crippen LogP contribution < -0.4 is 10.6 Å². The zero-order valence-electron chi connectivity index (χ0n) is 10.5. The third-order valence-corrected chi connectivity index (χ3v) is 4.32. The Balaban J connectivity index is 1.87. The van der Waals surface area contributed by atoms with Gasteiger partial charge < -0.3 is 10.6 Å².